The molecule has 0 amide bonds. The summed E-state index contributed by atoms with van der Waals surface area (Å²) in [4.78, 5) is 0. The van der Waals surface area contributed by atoms with Crippen LogP contribution in [0.5, 0.6) is 0 Å². The zero-order valence-corrected chi connectivity index (χ0v) is 15.9. The van der Waals surface area contributed by atoms with Crippen LogP contribution < -0.4 is 18.6 Å². The van der Waals surface area contributed by atoms with Crippen molar-refractivity contribution in [2.45, 2.75) is 19.6 Å². The van der Waals surface area contributed by atoms with Gasteiger partial charge in [0.25, 0.3) is 0 Å². The summed E-state index contributed by atoms with van der Waals surface area (Å²) in [5.74, 6) is 0.963. The molecule has 0 saturated carbocycles. The molecular weight excluding hydrogens is 378 g/mol. The number of hydrogen-bond donors (Lipinski definition) is 0. The quantitative estimate of drug-likeness (QED) is 0.529. The van der Waals surface area contributed by atoms with Gasteiger partial charge in [0.2, 0.25) is 5.79 Å². The molecule has 8 nitrogen and oxygen atoms in total. The van der Waals surface area contributed by atoms with Crippen LogP contribution in [0.1, 0.15) is 19.4 Å². The monoisotopic (exact) mass is 399 g/mol. The molecule has 0 radical (unpaired) electrons. The number of ether oxygens (including phenoxy) is 3. The molecule has 0 N–H and O–H groups in total. The number of morpholine rings is 1. The average Bonchev–Trinajstić information content (AvgIpc) is 2.59. The Morgan fingerprint density at radius 3 is 2.19 bits per heavy atom. The number of halogens is 1. The first-order chi connectivity index (χ1) is 12.6. The molecular formula is C18H22ClNO7. The molecule has 148 valence electrons. The van der Waals surface area contributed by atoms with Crippen LogP contribution in [-0.4, -0.2) is 42.9 Å². The van der Waals surface area contributed by atoms with Crippen LogP contribution >= 0.6 is 0 Å². The van der Waals surface area contributed by atoms with Gasteiger partial charge in [-0.2, -0.15) is 0 Å². The van der Waals surface area contributed by atoms with Crippen molar-refractivity contribution in [3.63, 3.8) is 0 Å². The summed E-state index contributed by atoms with van der Waals surface area (Å²) in [6.07, 6.45) is 6.01. The van der Waals surface area contributed by atoms with Crippen molar-refractivity contribution in [1.29, 1.82) is 0 Å². The van der Waals surface area contributed by atoms with Gasteiger partial charge in [0.1, 0.15) is 24.7 Å². The molecule has 9 heteroatoms. The van der Waals surface area contributed by atoms with E-state index in [4.69, 9.17) is 32.8 Å². The molecule has 0 unspecified atom stereocenters. The molecule has 27 heavy (non-hydrogen) atoms. The van der Waals surface area contributed by atoms with E-state index in [1.807, 2.05) is 56.3 Å². The first kappa shape index (κ1) is 21.4. The van der Waals surface area contributed by atoms with E-state index in [-0.39, 0.29) is 0 Å². The van der Waals surface area contributed by atoms with Crippen LogP contribution in [0.2, 0.25) is 0 Å². The number of nitrogens with zero attached hydrogens (tertiary/aromatic N) is 1. The largest absolute Gasteiger partial charge is 0.453 e. The Morgan fingerprint density at radius 1 is 1.00 bits per heavy atom. The summed E-state index contributed by atoms with van der Waals surface area (Å²) in [6, 6.07) is 10.1. The zero-order valence-electron chi connectivity index (χ0n) is 15.1. The fourth-order valence-corrected chi connectivity index (χ4v) is 2.49. The molecule has 2 heterocycles. The predicted molar refractivity (Wildman–Crippen MR) is 85.6 cm³/mol. The van der Waals surface area contributed by atoms with E-state index in [0.717, 1.165) is 43.4 Å². The summed E-state index contributed by atoms with van der Waals surface area (Å²) < 4.78 is 53.4. The predicted octanol–water partition coefficient (Wildman–Crippen LogP) is -1.95. The van der Waals surface area contributed by atoms with Gasteiger partial charge >= 0.3 is 0 Å². The molecule has 2 aliphatic rings. The van der Waals surface area contributed by atoms with Gasteiger partial charge in [0.15, 0.2) is 19.3 Å². The van der Waals surface area contributed by atoms with Crippen LogP contribution in [0.15, 0.2) is 48.2 Å². The Labute approximate surface area is 160 Å². The van der Waals surface area contributed by atoms with Crippen molar-refractivity contribution in [1.82, 2.24) is 0 Å². The molecule has 1 aromatic rings. The molecule has 0 aromatic heterocycles. The molecule has 0 bridgehead atoms. The van der Waals surface area contributed by atoms with Gasteiger partial charge in [-0.3, -0.25) is 0 Å². The van der Waals surface area contributed by atoms with Gasteiger partial charge < -0.3 is 14.2 Å². The first-order valence-electron chi connectivity index (χ1n) is 8.26. The molecule has 2 aliphatic heterocycles. The Balaban J connectivity index is 0.000000465. The SMILES string of the molecule is CC1(C)OC(c2ccccc2)=C/C(=C/C=[N+]2CCOCC2)O1.[O-][Cl+3]([O-])([O-])[O-]. The lowest BCUT2D eigenvalue weighted by atomic mass is 10.1. The normalized spacial score (nSPS) is 20.6. The minimum atomic E-state index is -4.94. The maximum Gasteiger partial charge on any atom is 0.245 e. The maximum atomic E-state index is 8.49. The average molecular weight is 400 g/mol. The standard InChI is InChI=1S/C18H22NO3.ClHO4/c1-18(2)21-16(8-9-19-10-12-20-13-11-19)14-17(22-18)15-6-4-3-5-7-15;2-1(3,4)5/h3-9,14H,10-13H2,1-2H3;(H,2,3,4,5)/q+1;/p-1/b16-8-;. The molecule has 0 atom stereocenters. The van der Waals surface area contributed by atoms with Gasteiger partial charge in [0, 0.05) is 31.6 Å². The summed E-state index contributed by atoms with van der Waals surface area (Å²) >= 11 is 0. The minimum Gasteiger partial charge on any atom is -0.453 e. The summed E-state index contributed by atoms with van der Waals surface area (Å²) in [5.41, 5.74) is 1.05. The van der Waals surface area contributed by atoms with Gasteiger partial charge in [-0.1, -0.05) is 30.3 Å². The molecule has 0 spiro atoms. The Kier molecular flexibility index (Phi) is 7.37. The van der Waals surface area contributed by atoms with E-state index in [1.54, 1.807) is 0 Å². The summed E-state index contributed by atoms with van der Waals surface area (Å²) in [5, 5.41) is 0. The second-order valence-electron chi connectivity index (χ2n) is 6.22. The van der Waals surface area contributed by atoms with Crippen LogP contribution in [0.25, 0.3) is 5.76 Å². The van der Waals surface area contributed by atoms with E-state index in [2.05, 4.69) is 10.8 Å². The van der Waals surface area contributed by atoms with Crippen molar-refractivity contribution >= 4 is 12.0 Å². The van der Waals surface area contributed by atoms with E-state index in [0.29, 0.717) is 0 Å². The third-order valence-corrected chi connectivity index (χ3v) is 3.55. The second-order valence-corrected chi connectivity index (χ2v) is 6.98. The topological polar surface area (TPSA) is 123 Å². The van der Waals surface area contributed by atoms with E-state index >= 15 is 0 Å². The summed E-state index contributed by atoms with van der Waals surface area (Å²) in [7, 11) is -4.94. The lowest BCUT2D eigenvalue weighted by Crippen LogP contribution is -2.68. The number of hydrogen-bond acceptors (Lipinski definition) is 7. The van der Waals surface area contributed by atoms with E-state index in [1.165, 1.54) is 0 Å². The fourth-order valence-electron chi connectivity index (χ4n) is 2.49. The fraction of sp³-hybridized carbons (Fsp3) is 0.389. The Hall–Kier alpha value is -1.94. The highest BCUT2D eigenvalue weighted by Crippen LogP contribution is 2.32. The zero-order chi connectivity index (χ0) is 19.9. The molecule has 1 aromatic carbocycles. The van der Waals surface area contributed by atoms with Crippen molar-refractivity contribution in [2.24, 2.45) is 0 Å². The van der Waals surface area contributed by atoms with Gasteiger partial charge in [-0.15, -0.1) is 10.2 Å². The molecule has 1 fully saturated rings. The van der Waals surface area contributed by atoms with Crippen LogP contribution in [0.4, 0.5) is 0 Å². The highest BCUT2D eigenvalue weighted by atomic mass is 35.7. The Morgan fingerprint density at radius 2 is 1.59 bits per heavy atom. The smallest absolute Gasteiger partial charge is 0.245 e. The van der Waals surface area contributed by atoms with Crippen molar-refractivity contribution < 1.29 is 47.7 Å². The molecule has 1 saturated heterocycles. The van der Waals surface area contributed by atoms with Crippen LogP contribution in [0.3, 0.4) is 0 Å². The number of rotatable bonds is 2. The lowest BCUT2D eigenvalue weighted by Gasteiger charge is -2.33. The van der Waals surface area contributed by atoms with E-state index < -0.39 is 16.0 Å². The van der Waals surface area contributed by atoms with Gasteiger partial charge in [-0.25, -0.2) is 23.2 Å². The Bertz CT molecular complexity index is 694. The second kappa shape index (κ2) is 9.32. The third-order valence-electron chi connectivity index (χ3n) is 3.55. The van der Waals surface area contributed by atoms with Gasteiger partial charge in [0.05, 0.1) is 0 Å². The first-order valence-corrected chi connectivity index (χ1v) is 9.50. The number of benzene rings is 1. The highest BCUT2D eigenvalue weighted by Gasteiger charge is 2.28. The highest BCUT2D eigenvalue weighted by molar-refractivity contribution is 5.71. The molecule has 3 rings (SSSR count). The van der Waals surface area contributed by atoms with Crippen LogP contribution in [-0.2, 0) is 14.2 Å². The van der Waals surface area contributed by atoms with E-state index in [9.17, 15) is 0 Å². The number of allylic oxidation sites excluding steroid dienone is 2. The maximum absolute atomic E-state index is 8.49. The molecule has 0 aliphatic carbocycles. The third kappa shape index (κ3) is 8.53. The van der Waals surface area contributed by atoms with Gasteiger partial charge in [-0.05, 0) is 0 Å². The van der Waals surface area contributed by atoms with Crippen LogP contribution in [0, 0.1) is 10.2 Å². The van der Waals surface area contributed by atoms with Crippen molar-refractivity contribution in [3.05, 3.63) is 53.8 Å². The summed E-state index contributed by atoms with van der Waals surface area (Å²) in [6.45, 7) is 7.23. The van der Waals surface area contributed by atoms with Crippen molar-refractivity contribution in [3.8, 4) is 0 Å². The van der Waals surface area contributed by atoms with Crippen molar-refractivity contribution in [2.75, 3.05) is 26.3 Å². The minimum absolute atomic E-state index is 0.676. The lowest BCUT2D eigenvalue weighted by molar-refractivity contribution is -2.00.